The fraction of sp³-hybridized carbons (Fsp3) is 0.286. The first kappa shape index (κ1) is 9.85. The van der Waals surface area contributed by atoms with Gasteiger partial charge in [-0.25, -0.2) is 0 Å². The molecule has 14 heavy (non-hydrogen) atoms. The van der Waals surface area contributed by atoms with Crippen LogP contribution < -0.4 is 0 Å². The summed E-state index contributed by atoms with van der Waals surface area (Å²) >= 11 is 6.70. The van der Waals surface area contributed by atoms with E-state index in [0.717, 1.165) is 14.9 Å². The van der Waals surface area contributed by atoms with E-state index in [1.807, 2.05) is 6.07 Å². The van der Waals surface area contributed by atoms with Gasteiger partial charge in [0.2, 0.25) is 0 Å². The predicted molar refractivity (Wildman–Crippen MR) is 57.7 cm³/mol. The lowest BCUT2D eigenvalue weighted by Gasteiger charge is -1.98. The largest absolute Gasteiger partial charge is 0.251 e. The molecule has 0 aliphatic carbocycles. The van der Waals surface area contributed by atoms with Crippen LogP contribution in [0.25, 0.3) is 0 Å². The molecule has 0 saturated heterocycles. The minimum Gasteiger partial charge on any atom is -0.251 e. The molecule has 0 saturated carbocycles. The Labute approximate surface area is 97.4 Å². The van der Waals surface area contributed by atoms with Crippen LogP contribution in [0.3, 0.4) is 0 Å². The summed E-state index contributed by atoms with van der Waals surface area (Å²) in [5, 5.41) is 12.4. The van der Waals surface area contributed by atoms with Crippen molar-refractivity contribution >= 4 is 31.9 Å². The van der Waals surface area contributed by atoms with E-state index >= 15 is 0 Å². The standard InChI is InChI=1S/C7H7Br2N5/c1-13-10-3-5(11-13)4-14-7(9)2-6(8)12-14/h2-3H,4H2,1H3. The normalized spacial score (nSPS) is 10.8. The van der Waals surface area contributed by atoms with Crippen LogP contribution >= 0.6 is 31.9 Å². The average Bonchev–Trinajstić information content (AvgIpc) is 2.61. The number of rotatable bonds is 2. The first-order valence-electron chi connectivity index (χ1n) is 3.89. The van der Waals surface area contributed by atoms with Crippen LogP contribution in [0.15, 0.2) is 21.5 Å². The number of halogens is 2. The Balaban J connectivity index is 2.22. The van der Waals surface area contributed by atoms with E-state index in [-0.39, 0.29) is 0 Å². The van der Waals surface area contributed by atoms with Crippen LogP contribution in [0.2, 0.25) is 0 Å². The van der Waals surface area contributed by atoms with Crippen molar-refractivity contribution in [1.82, 2.24) is 24.8 Å². The van der Waals surface area contributed by atoms with Gasteiger partial charge < -0.3 is 0 Å². The molecule has 0 bridgehead atoms. The zero-order chi connectivity index (χ0) is 10.1. The van der Waals surface area contributed by atoms with E-state index in [4.69, 9.17) is 0 Å². The predicted octanol–water partition coefficient (Wildman–Crippen LogP) is 1.58. The third-order valence-corrected chi connectivity index (χ3v) is 2.69. The molecular formula is C7H7Br2N5. The number of nitrogens with zero attached hydrogens (tertiary/aromatic N) is 5. The second-order valence-electron chi connectivity index (χ2n) is 2.77. The number of hydrogen-bond donors (Lipinski definition) is 0. The first-order valence-corrected chi connectivity index (χ1v) is 5.48. The molecule has 0 fully saturated rings. The lowest BCUT2D eigenvalue weighted by Crippen LogP contribution is -2.03. The molecule has 0 spiro atoms. The van der Waals surface area contributed by atoms with Crippen molar-refractivity contribution < 1.29 is 0 Å². The first-order chi connectivity index (χ1) is 6.65. The zero-order valence-corrected chi connectivity index (χ0v) is 10.5. The quantitative estimate of drug-likeness (QED) is 0.844. The Morgan fingerprint density at radius 2 is 2.14 bits per heavy atom. The van der Waals surface area contributed by atoms with Crippen molar-refractivity contribution in [3.8, 4) is 0 Å². The van der Waals surface area contributed by atoms with E-state index in [9.17, 15) is 0 Å². The van der Waals surface area contributed by atoms with Gasteiger partial charge in [0.05, 0.1) is 12.7 Å². The number of aromatic nitrogens is 5. The second-order valence-corrected chi connectivity index (χ2v) is 4.40. The minimum atomic E-state index is 0.611. The van der Waals surface area contributed by atoms with E-state index in [0.29, 0.717) is 6.54 Å². The van der Waals surface area contributed by atoms with Gasteiger partial charge in [-0.05, 0) is 31.9 Å². The maximum Gasteiger partial charge on any atom is 0.129 e. The fourth-order valence-corrected chi connectivity index (χ4v) is 2.23. The Morgan fingerprint density at radius 3 is 2.64 bits per heavy atom. The summed E-state index contributed by atoms with van der Waals surface area (Å²) in [6.45, 7) is 0.611. The Hall–Kier alpha value is -0.690. The summed E-state index contributed by atoms with van der Waals surface area (Å²) in [6.07, 6.45) is 1.72. The summed E-state index contributed by atoms with van der Waals surface area (Å²) in [7, 11) is 1.79. The van der Waals surface area contributed by atoms with E-state index in [2.05, 4.69) is 47.2 Å². The molecule has 2 aromatic heterocycles. The molecule has 0 aliphatic rings. The zero-order valence-electron chi connectivity index (χ0n) is 7.35. The van der Waals surface area contributed by atoms with Gasteiger partial charge in [0.1, 0.15) is 14.9 Å². The van der Waals surface area contributed by atoms with Crippen molar-refractivity contribution in [2.75, 3.05) is 0 Å². The van der Waals surface area contributed by atoms with Crippen molar-refractivity contribution in [2.45, 2.75) is 6.54 Å². The molecular weight excluding hydrogens is 314 g/mol. The molecule has 0 amide bonds. The molecule has 0 atom stereocenters. The van der Waals surface area contributed by atoms with Crippen LogP contribution in [0.5, 0.6) is 0 Å². The van der Waals surface area contributed by atoms with E-state index in [1.54, 1.807) is 17.9 Å². The average molecular weight is 321 g/mol. The Kier molecular flexibility index (Phi) is 2.69. The molecule has 2 heterocycles. The highest BCUT2D eigenvalue weighted by Crippen LogP contribution is 2.16. The van der Waals surface area contributed by atoms with Gasteiger partial charge in [-0.15, -0.1) is 0 Å². The third-order valence-electron chi connectivity index (χ3n) is 1.66. The van der Waals surface area contributed by atoms with Crippen molar-refractivity contribution in [3.63, 3.8) is 0 Å². The molecule has 2 aromatic rings. The molecule has 0 N–H and O–H groups in total. The summed E-state index contributed by atoms with van der Waals surface area (Å²) < 4.78 is 3.51. The Morgan fingerprint density at radius 1 is 1.36 bits per heavy atom. The highest BCUT2D eigenvalue weighted by molar-refractivity contribution is 9.11. The molecule has 0 radical (unpaired) electrons. The molecule has 0 unspecified atom stereocenters. The molecule has 2 rings (SSSR count). The van der Waals surface area contributed by atoms with Crippen LogP contribution in [0.4, 0.5) is 0 Å². The van der Waals surface area contributed by atoms with Crippen molar-refractivity contribution in [2.24, 2.45) is 7.05 Å². The smallest absolute Gasteiger partial charge is 0.129 e. The minimum absolute atomic E-state index is 0.611. The van der Waals surface area contributed by atoms with Gasteiger partial charge in [-0.2, -0.15) is 20.1 Å². The maximum atomic E-state index is 4.22. The molecule has 5 nitrogen and oxygen atoms in total. The summed E-state index contributed by atoms with van der Waals surface area (Å²) in [5.41, 5.74) is 0.879. The highest BCUT2D eigenvalue weighted by atomic mass is 79.9. The van der Waals surface area contributed by atoms with E-state index in [1.165, 1.54) is 4.80 Å². The fourth-order valence-electron chi connectivity index (χ4n) is 1.09. The van der Waals surface area contributed by atoms with Crippen LogP contribution in [0, 0.1) is 0 Å². The van der Waals surface area contributed by atoms with Gasteiger partial charge in [-0.3, -0.25) is 4.68 Å². The summed E-state index contributed by atoms with van der Waals surface area (Å²) in [5.74, 6) is 0. The number of aryl methyl sites for hydroxylation is 1. The molecule has 0 aromatic carbocycles. The number of hydrogen-bond acceptors (Lipinski definition) is 3. The molecule has 7 heteroatoms. The third kappa shape index (κ3) is 2.03. The monoisotopic (exact) mass is 319 g/mol. The van der Waals surface area contributed by atoms with Crippen LogP contribution in [0.1, 0.15) is 5.69 Å². The van der Waals surface area contributed by atoms with Gasteiger partial charge in [0, 0.05) is 13.1 Å². The van der Waals surface area contributed by atoms with Gasteiger partial charge >= 0.3 is 0 Å². The Bertz CT molecular complexity index is 447. The lowest BCUT2D eigenvalue weighted by atomic mass is 10.5. The van der Waals surface area contributed by atoms with Crippen LogP contribution in [-0.4, -0.2) is 24.8 Å². The SMILES string of the molecule is Cn1ncc(Cn2nc(Br)cc2Br)n1. The van der Waals surface area contributed by atoms with Crippen molar-refractivity contribution in [1.29, 1.82) is 0 Å². The van der Waals surface area contributed by atoms with Gasteiger partial charge in [-0.1, -0.05) is 0 Å². The van der Waals surface area contributed by atoms with Crippen LogP contribution in [-0.2, 0) is 13.6 Å². The maximum absolute atomic E-state index is 4.22. The topological polar surface area (TPSA) is 48.5 Å². The second kappa shape index (κ2) is 3.82. The summed E-state index contributed by atoms with van der Waals surface area (Å²) in [6, 6.07) is 1.89. The molecule has 74 valence electrons. The summed E-state index contributed by atoms with van der Waals surface area (Å²) in [4.78, 5) is 1.53. The highest BCUT2D eigenvalue weighted by Gasteiger charge is 2.05. The van der Waals surface area contributed by atoms with Gasteiger partial charge in [0.25, 0.3) is 0 Å². The molecule has 0 aliphatic heterocycles. The van der Waals surface area contributed by atoms with Gasteiger partial charge in [0.15, 0.2) is 0 Å². The van der Waals surface area contributed by atoms with E-state index < -0.39 is 0 Å². The van der Waals surface area contributed by atoms with Crippen molar-refractivity contribution in [3.05, 3.63) is 27.2 Å². The lowest BCUT2D eigenvalue weighted by molar-refractivity contribution is 0.613.